The summed E-state index contributed by atoms with van der Waals surface area (Å²) in [5, 5.41) is 13.6. The lowest BCUT2D eigenvalue weighted by Crippen LogP contribution is -2.03. The number of aryl methyl sites for hydroxylation is 1. The van der Waals surface area contributed by atoms with Gasteiger partial charge in [0.25, 0.3) is 0 Å². The lowest BCUT2D eigenvalue weighted by Gasteiger charge is -2.09. The monoisotopic (exact) mass is 325 g/mol. The number of nitriles is 1. The van der Waals surface area contributed by atoms with Gasteiger partial charge in [0.15, 0.2) is 0 Å². The largest absolute Gasteiger partial charge is 0.472 e. The van der Waals surface area contributed by atoms with E-state index in [0.717, 1.165) is 4.47 Å². The fourth-order valence-electron chi connectivity index (χ4n) is 1.51. The second kappa shape index (κ2) is 5.42. The highest BCUT2D eigenvalue weighted by Crippen LogP contribution is 2.26. The molecule has 0 atom stereocenters. The van der Waals surface area contributed by atoms with E-state index in [2.05, 4.69) is 27.1 Å². The van der Waals surface area contributed by atoms with Gasteiger partial charge >= 0.3 is 0 Å². The molecule has 0 fully saturated rings. The summed E-state index contributed by atoms with van der Waals surface area (Å²) in [4.78, 5) is 0. The summed E-state index contributed by atoms with van der Waals surface area (Å²) in [6, 6.07) is 7.28. The zero-order valence-electron chi connectivity index (χ0n) is 9.52. The highest BCUT2D eigenvalue weighted by atomic mass is 79.9. The Labute approximate surface area is 118 Å². The van der Waals surface area contributed by atoms with Crippen molar-refractivity contribution in [3.63, 3.8) is 0 Å². The van der Waals surface area contributed by atoms with Crippen LogP contribution in [0.5, 0.6) is 5.88 Å². The molecule has 0 unspecified atom stereocenters. The normalized spacial score (nSPS) is 10.1. The molecule has 0 aliphatic carbocycles. The van der Waals surface area contributed by atoms with Crippen LogP contribution >= 0.6 is 27.5 Å². The van der Waals surface area contributed by atoms with Gasteiger partial charge in [-0.25, -0.2) is 4.68 Å². The fourth-order valence-corrected chi connectivity index (χ4v) is 2.20. The molecule has 2 rings (SSSR count). The maximum absolute atomic E-state index is 9.02. The minimum Gasteiger partial charge on any atom is -0.472 e. The molecule has 1 heterocycles. The highest BCUT2D eigenvalue weighted by Gasteiger charge is 2.11. The topological polar surface area (TPSA) is 50.8 Å². The first-order valence-electron chi connectivity index (χ1n) is 5.11. The van der Waals surface area contributed by atoms with E-state index in [4.69, 9.17) is 21.6 Å². The molecule has 92 valence electrons. The standard InChI is InChI=1S/C12H9BrClN3O/c1-17-12(10(13)6-16-17)18-7-9-8(5-15)3-2-4-11(9)14/h2-4,6H,7H2,1H3. The minimum absolute atomic E-state index is 0.223. The molecule has 0 aliphatic heterocycles. The molecule has 4 nitrogen and oxygen atoms in total. The molecule has 1 aromatic heterocycles. The lowest BCUT2D eigenvalue weighted by atomic mass is 10.1. The second-order valence-corrected chi connectivity index (χ2v) is 4.85. The molecule has 0 saturated carbocycles. The molecule has 6 heteroatoms. The summed E-state index contributed by atoms with van der Waals surface area (Å²) in [6.45, 7) is 0.223. The third-order valence-electron chi connectivity index (χ3n) is 2.44. The number of ether oxygens (including phenoxy) is 1. The Kier molecular flexibility index (Phi) is 3.90. The smallest absolute Gasteiger partial charge is 0.226 e. The molecule has 0 amide bonds. The van der Waals surface area contributed by atoms with Gasteiger partial charge < -0.3 is 4.74 Å². The first-order valence-corrected chi connectivity index (χ1v) is 6.28. The average Bonchev–Trinajstić information content (AvgIpc) is 2.68. The van der Waals surface area contributed by atoms with E-state index < -0.39 is 0 Å². The van der Waals surface area contributed by atoms with Gasteiger partial charge in [0.05, 0.1) is 22.3 Å². The van der Waals surface area contributed by atoms with E-state index in [1.54, 1.807) is 36.1 Å². The van der Waals surface area contributed by atoms with Crippen molar-refractivity contribution in [2.24, 2.45) is 7.05 Å². The van der Waals surface area contributed by atoms with Crippen LogP contribution in [0.1, 0.15) is 11.1 Å². The Hall–Kier alpha value is -1.51. The number of halogens is 2. The molecule has 0 radical (unpaired) electrons. The summed E-state index contributed by atoms with van der Waals surface area (Å²) in [5.74, 6) is 0.596. The number of hydrogen-bond acceptors (Lipinski definition) is 3. The van der Waals surface area contributed by atoms with Crippen LogP contribution in [0.2, 0.25) is 5.02 Å². The zero-order chi connectivity index (χ0) is 13.1. The van der Waals surface area contributed by atoms with Crippen molar-refractivity contribution in [3.8, 4) is 11.9 Å². The average molecular weight is 327 g/mol. The molecule has 0 aliphatic rings. The van der Waals surface area contributed by atoms with Gasteiger partial charge in [0, 0.05) is 17.6 Å². The van der Waals surface area contributed by atoms with E-state index in [-0.39, 0.29) is 6.61 Å². The van der Waals surface area contributed by atoms with Crippen molar-refractivity contribution < 1.29 is 4.74 Å². The predicted octanol–water partition coefficient (Wildman–Crippen LogP) is 3.29. The quantitative estimate of drug-likeness (QED) is 0.869. The van der Waals surface area contributed by atoms with Crippen LogP contribution in [0.3, 0.4) is 0 Å². The Morgan fingerprint density at radius 1 is 1.56 bits per heavy atom. The van der Waals surface area contributed by atoms with E-state index in [0.29, 0.717) is 22.0 Å². The van der Waals surface area contributed by atoms with Gasteiger partial charge in [-0.1, -0.05) is 17.7 Å². The van der Waals surface area contributed by atoms with Crippen LogP contribution in [0.25, 0.3) is 0 Å². The Balaban J connectivity index is 2.24. The van der Waals surface area contributed by atoms with Crippen LogP contribution in [-0.4, -0.2) is 9.78 Å². The van der Waals surface area contributed by atoms with Crippen molar-refractivity contribution in [1.29, 1.82) is 5.26 Å². The number of rotatable bonds is 3. The van der Waals surface area contributed by atoms with Crippen LogP contribution in [0.4, 0.5) is 0 Å². The van der Waals surface area contributed by atoms with Gasteiger partial charge in [-0.2, -0.15) is 10.4 Å². The third kappa shape index (κ3) is 2.50. The van der Waals surface area contributed by atoms with Crippen molar-refractivity contribution in [1.82, 2.24) is 9.78 Å². The first-order chi connectivity index (χ1) is 8.63. The van der Waals surface area contributed by atoms with Gasteiger partial charge in [0.2, 0.25) is 5.88 Å². The fraction of sp³-hybridized carbons (Fsp3) is 0.167. The summed E-state index contributed by atoms with van der Waals surface area (Å²) in [6.07, 6.45) is 1.65. The van der Waals surface area contributed by atoms with E-state index in [1.807, 2.05) is 0 Å². The molecule has 0 N–H and O–H groups in total. The van der Waals surface area contributed by atoms with Crippen molar-refractivity contribution >= 4 is 27.5 Å². The van der Waals surface area contributed by atoms with Gasteiger partial charge in [0.1, 0.15) is 6.61 Å². The van der Waals surface area contributed by atoms with Gasteiger partial charge in [-0.05, 0) is 28.1 Å². The van der Waals surface area contributed by atoms with Crippen molar-refractivity contribution in [2.75, 3.05) is 0 Å². The summed E-state index contributed by atoms with van der Waals surface area (Å²) in [5.41, 5.74) is 1.19. The Morgan fingerprint density at radius 3 is 2.94 bits per heavy atom. The molecule has 0 saturated heterocycles. The first kappa shape index (κ1) is 12.9. The lowest BCUT2D eigenvalue weighted by molar-refractivity contribution is 0.277. The minimum atomic E-state index is 0.223. The van der Waals surface area contributed by atoms with E-state index in [1.165, 1.54) is 0 Å². The van der Waals surface area contributed by atoms with Crippen LogP contribution in [0.15, 0.2) is 28.9 Å². The predicted molar refractivity (Wildman–Crippen MR) is 71.4 cm³/mol. The van der Waals surface area contributed by atoms with Crippen LogP contribution in [0, 0.1) is 11.3 Å². The maximum Gasteiger partial charge on any atom is 0.226 e. The number of aromatic nitrogens is 2. The van der Waals surface area contributed by atoms with Crippen LogP contribution < -0.4 is 4.74 Å². The summed E-state index contributed by atoms with van der Waals surface area (Å²) in [7, 11) is 1.78. The number of benzene rings is 1. The summed E-state index contributed by atoms with van der Waals surface area (Å²) >= 11 is 9.40. The molecule has 2 aromatic rings. The molecule has 18 heavy (non-hydrogen) atoms. The second-order valence-electron chi connectivity index (χ2n) is 3.59. The van der Waals surface area contributed by atoms with E-state index >= 15 is 0 Å². The number of hydrogen-bond donors (Lipinski definition) is 0. The third-order valence-corrected chi connectivity index (χ3v) is 3.33. The van der Waals surface area contributed by atoms with Crippen molar-refractivity contribution in [2.45, 2.75) is 6.61 Å². The highest BCUT2D eigenvalue weighted by molar-refractivity contribution is 9.10. The van der Waals surface area contributed by atoms with Crippen molar-refractivity contribution in [3.05, 3.63) is 45.0 Å². The number of nitrogens with zero attached hydrogens (tertiary/aromatic N) is 3. The van der Waals surface area contributed by atoms with Gasteiger partial charge in [-0.3, -0.25) is 0 Å². The van der Waals surface area contributed by atoms with Gasteiger partial charge in [-0.15, -0.1) is 0 Å². The van der Waals surface area contributed by atoms with E-state index in [9.17, 15) is 0 Å². The van der Waals surface area contributed by atoms with Crippen LogP contribution in [-0.2, 0) is 13.7 Å². The molecule has 0 bridgehead atoms. The Bertz CT molecular complexity index is 599. The Morgan fingerprint density at radius 2 is 2.33 bits per heavy atom. The molecule has 0 spiro atoms. The molecular weight excluding hydrogens is 318 g/mol. The zero-order valence-corrected chi connectivity index (χ0v) is 11.9. The summed E-state index contributed by atoms with van der Waals surface area (Å²) < 4.78 is 8.00. The SMILES string of the molecule is Cn1ncc(Br)c1OCc1c(Cl)cccc1C#N. The molecule has 1 aromatic carbocycles. The molecular formula is C12H9BrClN3O. The maximum atomic E-state index is 9.02.